The number of amides is 1. The molecule has 1 aliphatic rings. The summed E-state index contributed by atoms with van der Waals surface area (Å²) >= 11 is 14.8. The van der Waals surface area contributed by atoms with Crippen molar-refractivity contribution in [3.63, 3.8) is 0 Å². The van der Waals surface area contributed by atoms with Gasteiger partial charge in [-0.1, -0.05) is 47.5 Å². The molecule has 5 nitrogen and oxygen atoms in total. The number of carbonyl (C=O) groups is 1. The first-order valence-electron chi connectivity index (χ1n) is 10.0. The molecule has 0 fully saturated rings. The maximum absolute atomic E-state index is 13.3. The molecule has 3 aromatic rings. The van der Waals surface area contributed by atoms with Gasteiger partial charge in [-0.25, -0.2) is 4.98 Å². The molecule has 31 heavy (non-hydrogen) atoms. The lowest BCUT2D eigenvalue weighted by Crippen LogP contribution is -2.24. The smallest absolute Gasteiger partial charge is 0.263 e. The standard InChI is InChI=1S/C22H21Cl2N3O2S2/c1-2-10-27-21(29)19-14-6-4-3-5-7-17(14)31-20(19)26-22(27)30-12-18(28)25-13-8-9-15(23)16(24)11-13/h2,8-9,11H,1,3-7,10,12H2,(H,25,28). The van der Waals surface area contributed by atoms with E-state index < -0.39 is 0 Å². The molecule has 0 unspecified atom stereocenters. The van der Waals surface area contributed by atoms with Gasteiger partial charge in [0.25, 0.3) is 5.56 Å². The van der Waals surface area contributed by atoms with Gasteiger partial charge in [-0.2, -0.15) is 0 Å². The van der Waals surface area contributed by atoms with E-state index in [1.807, 2.05) is 0 Å². The van der Waals surface area contributed by atoms with Gasteiger partial charge in [0.15, 0.2) is 5.16 Å². The third kappa shape index (κ3) is 4.85. The molecule has 0 atom stereocenters. The van der Waals surface area contributed by atoms with E-state index in [2.05, 4.69) is 11.9 Å². The van der Waals surface area contributed by atoms with E-state index in [-0.39, 0.29) is 17.2 Å². The van der Waals surface area contributed by atoms with Gasteiger partial charge in [0, 0.05) is 17.1 Å². The fourth-order valence-electron chi connectivity index (χ4n) is 3.70. The lowest BCUT2D eigenvalue weighted by molar-refractivity contribution is -0.113. The van der Waals surface area contributed by atoms with E-state index in [1.54, 1.807) is 40.2 Å². The first-order chi connectivity index (χ1) is 15.0. The van der Waals surface area contributed by atoms with Crippen molar-refractivity contribution in [1.82, 2.24) is 9.55 Å². The van der Waals surface area contributed by atoms with Crippen molar-refractivity contribution in [1.29, 1.82) is 0 Å². The molecule has 0 saturated carbocycles. The zero-order chi connectivity index (χ0) is 22.0. The van der Waals surface area contributed by atoms with Crippen LogP contribution in [-0.4, -0.2) is 21.2 Å². The fourth-order valence-corrected chi connectivity index (χ4v) is 6.11. The topological polar surface area (TPSA) is 64.0 Å². The number of nitrogens with one attached hydrogen (secondary N) is 1. The van der Waals surface area contributed by atoms with Gasteiger partial charge >= 0.3 is 0 Å². The van der Waals surface area contributed by atoms with E-state index in [0.29, 0.717) is 27.4 Å². The van der Waals surface area contributed by atoms with Gasteiger partial charge in [-0.05, 0) is 49.4 Å². The second-order valence-electron chi connectivity index (χ2n) is 7.31. The summed E-state index contributed by atoms with van der Waals surface area (Å²) in [5.41, 5.74) is 1.69. The number of nitrogens with zero attached hydrogens (tertiary/aromatic N) is 2. The molecule has 0 saturated heterocycles. The summed E-state index contributed by atoms with van der Waals surface area (Å²) in [5.74, 6) is -0.106. The number of aromatic nitrogens is 2. The van der Waals surface area contributed by atoms with Crippen molar-refractivity contribution in [2.75, 3.05) is 11.1 Å². The van der Waals surface area contributed by atoms with Gasteiger partial charge in [-0.15, -0.1) is 17.9 Å². The number of hydrogen-bond donors (Lipinski definition) is 1. The number of benzene rings is 1. The second kappa shape index (κ2) is 9.77. The highest BCUT2D eigenvalue weighted by Crippen LogP contribution is 2.34. The molecule has 1 amide bonds. The second-order valence-corrected chi connectivity index (χ2v) is 10.1. The van der Waals surface area contributed by atoms with E-state index in [9.17, 15) is 9.59 Å². The van der Waals surface area contributed by atoms with Crippen LogP contribution >= 0.6 is 46.3 Å². The largest absolute Gasteiger partial charge is 0.325 e. The highest BCUT2D eigenvalue weighted by Gasteiger charge is 2.21. The molecular formula is C22H21Cl2N3O2S2. The first kappa shape index (κ1) is 22.4. The third-order valence-electron chi connectivity index (χ3n) is 5.14. The Labute approximate surface area is 198 Å². The Morgan fingerprint density at radius 2 is 2.06 bits per heavy atom. The maximum atomic E-state index is 13.3. The molecule has 2 aromatic heterocycles. The van der Waals surface area contributed by atoms with Crippen LogP contribution in [0.25, 0.3) is 10.2 Å². The van der Waals surface area contributed by atoms with E-state index >= 15 is 0 Å². The summed E-state index contributed by atoms with van der Waals surface area (Å²) in [6, 6.07) is 4.92. The van der Waals surface area contributed by atoms with Crippen molar-refractivity contribution >= 4 is 68.1 Å². The van der Waals surface area contributed by atoms with Crippen LogP contribution in [0, 0.1) is 0 Å². The lowest BCUT2D eigenvalue weighted by atomic mass is 10.1. The Morgan fingerprint density at radius 3 is 2.84 bits per heavy atom. The molecule has 4 rings (SSSR count). The van der Waals surface area contributed by atoms with Crippen LogP contribution < -0.4 is 10.9 Å². The predicted octanol–water partition coefficient (Wildman–Crippen LogP) is 5.95. The van der Waals surface area contributed by atoms with Crippen molar-refractivity contribution in [3.8, 4) is 0 Å². The minimum Gasteiger partial charge on any atom is -0.325 e. The first-order valence-corrected chi connectivity index (χ1v) is 12.6. The Hall–Kier alpha value is -1.80. The number of aryl methyl sites for hydroxylation is 2. The third-order valence-corrected chi connectivity index (χ3v) is 8.04. The van der Waals surface area contributed by atoms with Gasteiger partial charge in [0.1, 0.15) is 4.83 Å². The Morgan fingerprint density at radius 1 is 1.26 bits per heavy atom. The fraction of sp³-hybridized carbons (Fsp3) is 0.318. The van der Waals surface area contributed by atoms with Crippen molar-refractivity contribution < 1.29 is 4.79 Å². The Bertz CT molecular complexity index is 1220. The number of hydrogen-bond acceptors (Lipinski definition) is 5. The SMILES string of the molecule is C=CCn1c(SCC(=O)Nc2ccc(Cl)c(Cl)c2)nc2sc3c(c2c1=O)CCCCC3. The number of halogens is 2. The summed E-state index contributed by atoms with van der Waals surface area (Å²) in [6.45, 7) is 4.13. The molecule has 2 heterocycles. The van der Waals surface area contributed by atoms with Crippen LogP contribution in [0.2, 0.25) is 10.0 Å². The molecule has 0 radical (unpaired) electrons. The van der Waals surface area contributed by atoms with Crippen LogP contribution in [0.15, 0.2) is 40.8 Å². The average Bonchev–Trinajstić information content (AvgIpc) is 2.92. The zero-order valence-corrected chi connectivity index (χ0v) is 19.9. The van der Waals surface area contributed by atoms with Gasteiger partial charge in [-0.3, -0.25) is 14.2 Å². The number of allylic oxidation sites excluding steroid dienone is 1. The average molecular weight is 494 g/mol. The van der Waals surface area contributed by atoms with Gasteiger partial charge < -0.3 is 5.32 Å². The van der Waals surface area contributed by atoms with Crippen LogP contribution in [0.1, 0.15) is 29.7 Å². The molecule has 1 aliphatic carbocycles. The number of carbonyl (C=O) groups excluding carboxylic acids is 1. The minimum absolute atomic E-state index is 0.0447. The van der Waals surface area contributed by atoms with E-state index in [1.165, 1.54) is 28.6 Å². The summed E-state index contributed by atoms with van der Waals surface area (Å²) in [7, 11) is 0. The highest BCUT2D eigenvalue weighted by atomic mass is 35.5. The molecule has 0 spiro atoms. The van der Waals surface area contributed by atoms with Crippen molar-refractivity contribution in [3.05, 3.63) is 61.7 Å². The van der Waals surface area contributed by atoms with Crippen LogP contribution in [-0.2, 0) is 24.2 Å². The predicted molar refractivity (Wildman–Crippen MR) is 131 cm³/mol. The molecule has 162 valence electrons. The van der Waals surface area contributed by atoms with E-state index in [0.717, 1.165) is 35.9 Å². The zero-order valence-electron chi connectivity index (χ0n) is 16.7. The summed E-state index contributed by atoms with van der Waals surface area (Å²) in [5, 5.41) is 4.86. The van der Waals surface area contributed by atoms with Gasteiger partial charge in [0.2, 0.25) is 5.91 Å². The molecule has 9 heteroatoms. The molecule has 0 aliphatic heterocycles. The normalized spacial score (nSPS) is 13.6. The Balaban J connectivity index is 1.59. The van der Waals surface area contributed by atoms with Crippen molar-refractivity contribution in [2.45, 2.75) is 43.8 Å². The van der Waals surface area contributed by atoms with Crippen molar-refractivity contribution in [2.24, 2.45) is 0 Å². The molecular weight excluding hydrogens is 473 g/mol. The molecule has 1 N–H and O–H groups in total. The maximum Gasteiger partial charge on any atom is 0.263 e. The number of anilines is 1. The number of thiophene rings is 1. The summed E-state index contributed by atoms with van der Waals surface area (Å²) in [4.78, 5) is 32.6. The van der Waals surface area contributed by atoms with Crippen LogP contribution in [0.3, 0.4) is 0 Å². The lowest BCUT2D eigenvalue weighted by Gasteiger charge is -2.11. The molecule has 1 aromatic carbocycles. The van der Waals surface area contributed by atoms with E-state index in [4.69, 9.17) is 28.2 Å². The summed E-state index contributed by atoms with van der Waals surface area (Å²) < 4.78 is 1.62. The van der Waals surface area contributed by atoms with Crippen LogP contribution in [0.5, 0.6) is 0 Å². The highest BCUT2D eigenvalue weighted by molar-refractivity contribution is 7.99. The number of rotatable bonds is 6. The van der Waals surface area contributed by atoms with Gasteiger partial charge in [0.05, 0.1) is 21.2 Å². The number of thioether (sulfide) groups is 1. The molecule has 0 bridgehead atoms. The minimum atomic E-state index is -0.218. The monoisotopic (exact) mass is 493 g/mol. The Kier molecular flexibility index (Phi) is 7.06. The number of fused-ring (bicyclic) bond motifs is 3. The quantitative estimate of drug-likeness (QED) is 0.199. The van der Waals surface area contributed by atoms with Crippen LogP contribution in [0.4, 0.5) is 5.69 Å². The summed E-state index contributed by atoms with van der Waals surface area (Å²) in [6.07, 6.45) is 7.06.